The molecule has 0 radical (unpaired) electrons. The van der Waals surface area contributed by atoms with Gasteiger partial charge in [0.2, 0.25) is 6.79 Å². The number of rotatable bonds is 4. The van der Waals surface area contributed by atoms with E-state index in [1.807, 2.05) is 18.2 Å². The maximum Gasteiger partial charge on any atom is 0.231 e. The first-order valence-corrected chi connectivity index (χ1v) is 7.10. The maximum atomic E-state index is 10.7. The molecule has 1 heterocycles. The van der Waals surface area contributed by atoms with Crippen LogP contribution in [0.4, 0.5) is 0 Å². The lowest BCUT2D eigenvalue weighted by atomic mass is 10.2. The van der Waals surface area contributed by atoms with E-state index in [1.165, 1.54) is 0 Å². The average Bonchev–Trinajstić information content (AvgIpc) is 2.93. The maximum absolute atomic E-state index is 10.7. The minimum Gasteiger partial charge on any atom is -0.488 e. The van der Waals surface area contributed by atoms with E-state index in [0.29, 0.717) is 12.2 Å². The molecule has 2 aromatic rings. The number of carbonyl (C=O) groups excluding carboxylic acids is 1. The molecule has 0 bridgehead atoms. The minimum absolute atomic E-state index is 0.269. The monoisotopic (exact) mass is 382 g/mol. The molecule has 0 atom stereocenters. The van der Waals surface area contributed by atoms with Gasteiger partial charge in [0, 0.05) is 5.56 Å². The molecule has 0 spiro atoms. The van der Waals surface area contributed by atoms with Crippen LogP contribution in [0, 0.1) is 3.57 Å². The summed E-state index contributed by atoms with van der Waals surface area (Å²) in [6.07, 6.45) is 0.823. The second kappa shape index (κ2) is 5.70. The van der Waals surface area contributed by atoms with Crippen molar-refractivity contribution in [2.24, 2.45) is 0 Å². The van der Waals surface area contributed by atoms with Crippen LogP contribution in [-0.2, 0) is 6.61 Å². The van der Waals surface area contributed by atoms with Crippen LogP contribution >= 0.6 is 22.6 Å². The number of benzene rings is 2. The van der Waals surface area contributed by atoms with E-state index in [2.05, 4.69) is 22.6 Å². The molecule has 0 fully saturated rings. The Morgan fingerprint density at radius 3 is 2.80 bits per heavy atom. The largest absolute Gasteiger partial charge is 0.488 e. The Labute approximate surface area is 129 Å². The van der Waals surface area contributed by atoms with E-state index >= 15 is 0 Å². The Morgan fingerprint density at radius 2 is 2.00 bits per heavy atom. The first-order valence-electron chi connectivity index (χ1n) is 6.02. The van der Waals surface area contributed by atoms with Crippen molar-refractivity contribution in [2.45, 2.75) is 6.61 Å². The van der Waals surface area contributed by atoms with Gasteiger partial charge < -0.3 is 14.2 Å². The molecule has 0 unspecified atom stereocenters. The Kier molecular flexibility index (Phi) is 3.77. The molecule has 0 aromatic heterocycles. The van der Waals surface area contributed by atoms with E-state index in [9.17, 15) is 4.79 Å². The van der Waals surface area contributed by atoms with Crippen LogP contribution in [0.5, 0.6) is 17.2 Å². The zero-order valence-electron chi connectivity index (χ0n) is 10.5. The van der Waals surface area contributed by atoms with Crippen molar-refractivity contribution in [2.75, 3.05) is 6.79 Å². The van der Waals surface area contributed by atoms with Crippen LogP contribution in [0.25, 0.3) is 0 Å². The van der Waals surface area contributed by atoms with Gasteiger partial charge in [0.15, 0.2) is 11.5 Å². The molecule has 0 saturated heterocycles. The van der Waals surface area contributed by atoms with Gasteiger partial charge in [-0.05, 0) is 58.5 Å². The lowest BCUT2D eigenvalue weighted by Gasteiger charge is -2.09. The van der Waals surface area contributed by atoms with Gasteiger partial charge >= 0.3 is 0 Å². The van der Waals surface area contributed by atoms with Crippen molar-refractivity contribution >= 4 is 28.9 Å². The van der Waals surface area contributed by atoms with Crippen LogP contribution in [0.15, 0.2) is 36.4 Å². The first-order chi connectivity index (χ1) is 9.76. The standard InChI is InChI=1S/C15H11IO4/c16-12-5-10(7-17)1-3-13(12)18-8-11-2-4-14-15(6-11)20-9-19-14/h1-7H,8-9H2. The van der Waals surface area contributed by atoms with Gasteiger partial charge in [-0.15, -0.1) is 0 Å². The molecule has 5 heteroatoms. The SMILES string of the molecule is O=Cc1ccc(OCc2ccc3c(c2)OCO3)c(I)c1. The van der Waals surface area contributed by atoms with Gasteiger partial charge in [0.1, 0.15) is 18.6 Å². The van der Waals surface area contributed by atoms with Gasteiger partial charge in [-0.2, -0.15) is 0 Å². The fourth-order valence-corrected chi connectivity index (χ4v) is 2.59. The lowest BCUT2D eigenvalue weighted by molar-refractivity contribution is 0.112. The molecule has 0 N–H and O–H groups in total. The number of carbonyl (C=O) groups is 1. The summed E-state index contributed by atoms with van der Waals surface area (Å²) in [7, 11) is 0. The molecule has 4 nitrogen and oxygen atoms in total. The zero-order chi connectivity index (χ0) is 13.9. The van der Waals surface area contributed by atoms with Crippen molar-refractivity contribution in [3.63, 3.8) is 0 Å². The van der Waals surface area contributed by atoms with E-state index < -0.39 is 0 Å². The number of hydrogen-bond acceptors (Lipinski definition) is 4. The molecule has 1 aliphatic heterocycles. The van der Waals surface area contributed by atoms with Crippen LogP contribution < -0.4 is 14.2 Å². The highest BCUT2D eigenvalue weighted by Gasteiger charge is 2.13. The third-order valence-corrected chi connectivity index (χ3v) is 3.77. The average molecular weight is 382 g/mol. The van der Waals surface area contributed by atoms with Gasteiger partial charge in [0.05, 0.1) is 3.57 Å². The highest BCUT2D eigenvalue weighted by molar-refractivity contribution is 14.1. The minimum atomic E-state index is 0.269. The van der Waals surface area contributed by atoms with Crippen LogP contribution in [-0.4, -0.2) is 13.1 Å². The number of fused-ring (bicyclic) bond motifs is 1. The molecule has 102 valence electrons. The van der Waals surface area contributed by atoms with E-state index in [0.717, 1.165) is 32.7 Å². The molecule has 1 aliphatic rings. The summed E-state index contributed by atoms with van der Waals surface area (Å²) in [5.41, 5.74) is 1.65. The Hall–Kier alpha value is -1.76. The smallest absolute Gasteiger partial charge is 0.231 e. The number of aldehydes is 1. The first kappa shape index (κ1) is 13.2. The predicted octanol–water partition coefficient (Wildman–Crippen LogP) is 3.41. The summed E-state index contributed by atoms with van der Waals surface area (Å²) < 4.78 is 17.3. The number of ether oxygens (including phenoxy) is 3. The summed E-state index contributed by atoms with van der Waals surface area (Å²) in [4.78, 5) is 10.7. The highest BCUT2D eigenvalue weighted by Crippen LogP contribution is 2.33. The predicted molar refractivity (Wildman–Crippen MR) is 81.4 cm³/mol. The molecular formula is C15H11IO4. The van der Waals surface area contributed by atoms with Gasteiger partial charge in [-0.25, -0.2) is 0 Å². The van der Waals surface area contributed by atoms with E-state index in [-0.39, 0.29) is 6.79 Å². The van der Waals surface area contributed by atoms with E-state index in [1.54, 1.807) is 18.2 Å². The molecular weight excluding hydrogens is 371 g/mol. The molecule has 3 rings (SSSR count). The molecule has 0 saturated carbocycles. The summed E-state index contributed by atoms with van der Waals surface area (Å²) in [5, 5.41) is 0. The Bertz CT molecular complexity index is 654. The highest BCUT2D eigenvalue weighted by atomic mass is 127. The summed E-state index contributed by atoms with van der Waals surface area (Å²) in [6, 6.07) is 11.1. The van der Waals surface area contributed by atoms with Gasteiger partial charge in [-0.1, -0.05) is 6.07 Å². The van der Waals surface area contributed by atoms with Gasteiger partial charge in [-0.3, -0.25) is 4.79 Å². The normalized spacial score (nSPS) is 12.2. The quantitative estimate of drug-likeness (QED) is 0.601. The summed E-state index contributed by atoms with van der Waals surface area (Å²) in [5.74, 6) is 2.27. The Balaban J connectivity index is 1.72. The van der Waals surface area contributed by atoms with Gasteiger partial charge in [0.25, 0.3) is 0 Å². The van der Waals surface area contributed by atoms with Crippen LogP contribution in [0.3, 0.4) is 0 Å². The molecule has 0 aliphatic carbocycles. The van der Waals surface area contributed by atoms with E-state index in [4.69, 9.17) is 14.2 Å². The van der Waals surface area contributed by atoms with Crippen molar-refractivity contribution in [1.29, 1.82) is 0 Å². The molecule has 20 heavy (non-hydrogen) atoms. The Morgan fingerprint density at radius 1 is 1.15 bits per heavy atom. The number of hydrogen-bond donors (Lipinski definition) is 0. The fraction of sp³-hybridized carbons (Fsp3) is 0.133. The third-order valence-electron chi connectivity index (χ3n) is 2.92. The lowest BCUT2D eigenvalue weighted by Crippen LogP contribution is -1.97. The van der Waals surface area contributed by atoms with Crippen molar-refractivity contribution in [1.82, 2.24) is 0 Å². The van der Waals surface area contributed by atoms with Crippen molar-refractivity contribution < 1.29 is 19.0 Å². The second-order valence-corrected chi connectivity index (χ2v) is 5.45. The summed E-state index contributed by atoms with van der Waals surface area (Å²) in [6.45, 7) is 0.706. The zero-order valence-corrected chi connectivity index (χ0v) is 12.6. The molecule has 0 amide bonds. The fourth-order valence-electron chi connectivity index (χ4n) is 1.90. The van der Waals surface area contributed by atoms with Crippen LogP contribution in [0.2, 0.25) is 0 Å². The van der Waals surface area contributed by atoms with Crippen molar-refractivity contribution in [3.8, 4) is 17.2 Å². The summed E-state index contributed by atoms with van der Waals surface area (Å²) >= 11 is 2.15. The van der Waals surface area contributed by atoms with Crippen molar-refractivity contribution in [3.05, 3.63) is 51.1 Å². The third kappa shape index (κ3) is 2.72. The van der Waals surface area contributed by atoms with Crippen LogP contribution in [0.1, 0.15) is 15.9 Å². The molecule has 2 aromatic carbocycles. The topological polar surface area (TPSA) is 44.8 Å². The number of halogens is 1. The second-order valence-electron chi connectivity index (χ2n) is 4.28.